The van der Waals surface area contributed by atoms with E-state index in [1.165, 1.54) is 38.3 Å². The average molecular weight is 386 g/mol. The molecular formula is C20H22N2O6. The van der Waals surface area contributed by atoms with Crippen molar-refractivity contribution in [2.45, 2.75) is 6.42 Å². The van der Waals surface area contributed by atoms with E-state index in [0.717, 1.165) is 0 Å². The van der Waals surface area contributed by atoms with Gasteiger partial charge in [-0.15, -0.1) is 0 Å². The molecule has 0 spiro atoms. The Morgan fingerprint density at radius 1 is 1.04 bits per heavy atom. The van der Waals surface area contributed by atoms with Gasteiger partial charge in [-0.25, -0.2) is 0 Å². The molecule has 148 valence electrons. The van der Waals surface area contributed by atoms with Crippen LogP contribution in [-0.2, 0) is 4.79 Å². The number of rotatable bonds is 8. The Balaban J connectivity index is 2.40. The van der Waals surface area contributed by atoms with Gasteiger partial charge in [-0.3, -0.25) is 14.4 Å². The molecule has 0 saturated carbocycles. The van der Waals surface area contributed by atoms with Gasteiger partial charge in [-0.2, -0.15) is 0 Å². The molecule has 2 aromatic carbocycles. The summed E-state index contributed by atoms with van der Waals surface area (Å²) in [5, 5.41) is 11.5. The van der Waals surface area contributed by atoms with Gasteiger partial charge in [-0.1, -0.05) is 18.2 Å². The first kappa shape index (κ1) is 20.8. The van der Waals surface area contributed by atoms with E-state index in [4.69, 9.17) is 14.6 Å². The van der Waals surface area contributed by atoms with Gasteiger partial charge in [0.15, 0.2) is 11.5 Å². The van der Waals surface area contributed by atoms with Gasteiger partial charge in [0.25, 0.3) is 11.8 Å². The molecule has 0 bridgehead atoms. The number of carboxylic acids is 1. The smallest absolute Gasteiger partial charge is 0.305 e. The molecule has 2 aromatic rings. The SMILES string of the molecule is COc1cc(NC(=O)c2ccccc2)c(C(=O)N(C)CCC(=O)O)cc1OC. The highest BCUT2D eigenvalue weighted by Crippen LogP contribution is 2.34. The van der Waals surface area contributed by atoms with E-state index in [1.54, 1.807) is 30.3 Å². The van der Waals surface area contributed by atoms with E-state index < -0.39 is 17.8 Å². The van der Waals surface area contributed by atoms with Gasteiger partial charge >= 0.3 is 5.97 Å². The summed E-state index contributed by atoms with van der Waals surface area (Å²) in [6.45, 7) is 0.0224. The van der Waals surface area contributed by atoms with Gasteiger partial charge < -0.3 is 24.8 Å². The Morgan fingerprint density at radius 3 is 2.21 bits per heavy atom. The number of ether oxygens (including phenoxy) is 2. The summed E-state index contributed by atoms with van der Waals surface area (Å²) < 4.78 is 10.5. The zero-order chi connectivity index (χ0) is 20.7. The first-order valence-corrected chi connectivity index (χ1v) is 8.47. The minimum absolute atomic E-state index is 0.0224. The lowest BCUT2D eigenvalue weighted by atomic mass is 10.1. The van der Waals surface area contributed by atoms with Crippen molar-refractivity contribution in [3.8, 4) is 11.5 Å². The molecule has 0 heterocycles. The van der Waals surface area contributed by atoms with Crippen LogP contribution in [0.5, 0.6) is 11.5 Å². The molecule has 8 nitrogen and oxygen atoms in total. The molecule has 28 heavy (non-hydrogen) atoms. The lowest BCUT2D eigenvalue weighted by Gasteiger charge is -2.20. The van der Waals surface area contributed by atoms with Crippen LogP contribution in [0.15, 0.2) is 42.5 Å². The monoisotopic (exact) mass is 386 g/mol. The number of carbonyl (C=O) groups excluding carboxylic acids is 2. The van der Waals surface area contributed by atoms with Gasteiger partial charge in [0.1, 0.15) is 0 Å². The first-order valence-electron chi connectivity index (χ1n) is 8.47. The highest BCUT2D eigenvalue weighted by atomic mass is 16.5. The number of benzene rings is 2. The molecule has 0 aliphatic heterocycles. The maximum absolute atomic E-state index is 12.8. The summed E-state index contributed by atoms with van der Waals surface area (Å²) in [4.78, 5) is 37.4. The van der Waals surface area contributed by atoms with Crippen LogP contribution >= 0.6 is 0 Å². The number of methoxy groups -OCH3 is 2. The maximum atomic E-state index is 12.8. The van der Waals surface area contributed by atoms with Crippen LogP contribution in [0.3, 0.4) is 0 Å². The van der Waals surface area contributed by atoms with Gasteiger partial charge in [0.05, 0.1) is 31.9 Å². The molecule has 0 saturated heterocycles. The topological polar surface area (TPSA) is 105 Å². The van der Waals surface area contributed by atoms with Crippen molar-refractivity contribution in [2.75, 3.05) is 33.1 Å². The van der Waals surface area contributed by atoms with Crippen LogP contribution in [0.2, 0.25) is 0 Å². The zero-order valence-corrected chi connectivity index (χ0v) is 15.9. The lowest BCUT2D eigenvalue weighted by molar-refractivity contribution is -0.137. The molecule has 2 N–H and O–H groups in total. The van der Waals surface area contributed by atoms with Crippen molar-refractivity contribution in [1.29, 1.82) is 0 Å². The number of amides is 2. The van der Waals surface area contributed by atoms with Crippen LogP contribution in [0, 0.1) is 0 Å². The molecular weight excluding hydrogens is 364 g/mol. The predicted octanol–water partition coefficient (Wildman–Crippen LogP) is 2.50. The minimum Gasteiger partial charge on any atom is -0.493 e. The lowest BCUT2D eigenvalue weighted by Crippen LogP contribution is -2.30. The van der Waals surface area contributed by atoms with Crippen LogP contribution in [0.4, 0.5) is 5.69 Å². The standard InChI is InChI=1S/C20H22N2O6/c1-22(10-9-18(23)24)20(26)14-11-16(27-2)17(28-3)12-15(14)21-19(25)13-7-5-4-6-8-13/h4-8,11-12H,9-10H2,1-3H3,(H,21,25)(H,23,24). The molecule has 0 unspecified atom stereocenters. The first-order chi connectivity index (χ1) is 13.4. The molecule has 0 radical (unpaired) electrons. The third-order valence-electron chi connectivity index (χ3n) is 4.05. The van der Waals surface area contributed by atoms with E-state index in [2.05, 4.69) is 5.32 Å². The number of hydrogen-bond donors (Lipinski definition) is 2. The second-order valence-corrected chi connectivity index (χ2v) is 5.94. The van der Waals surface area contributed by atoms with E-state index in [9.17, 15) is 14.4 Å². The summed E-state index contributed by atoms with van der Waals surface area (Å²) in [7, 11) is 4.37. The number of carbonyl (C=O) groups is 3. The Hall–Kier alpha value is -3.55. The fraction of sp³-hybridized carbons (Fsp3) is 0.250. The van der Waals surface area contributed by atoms with Gasteiger partial charge in [0, 0.05) is 25.2 Å². The van der Waals surface area contributed by atoms with Crippen LogP contribution in [0.25, 0.3) is 0 Å². The molecule has 8 heteroatoms. The average Bonchev–Trinajstić information content (AvgIpc) is 2.71. The summed E-state index contributed by atoms with van der Waals surface area (Å²) in [6, 6.07) is 11.5. The molecule has 0 aliphatic rings. The van der Waals surface area contributed by atoms with Gasteiger partial charge in [0.2, 0.25) is 0 Å². The van der Waals surface area contributed by atoms with Crippen molar-refractivity contribution < 1.29 is 29.0 Å². The third kappa shape index (κ3) is 5.00. The van der Waals surface area contributed by atoms with E-state index in [-0.39, 0.29) is 24.2 Å². The molecule has 2 rings (SSSR count). The van der Waals surface area contributed by atoms with E-state index in [0.29, 0.717) is 17.1 Å². The Labute approximate surface area is 162 Å². The Bertz CT molecular complexity index is 866. The van der Waals surface area contributed by atoms with Crippen molar-refractivity contribution in [2.24, 2.45) is 0 Å². The van der Waals surface area contributed by atoms with Crippen molar-refractivity contribution in [1.82, 2.24) is 4.90 Å². The largest absolute Gasteiger partial charge is 0.493 e. The molecule has 0 atom stereocenters. The number of nitrogens with zero attached hydrogens (tertiary/aromatic N) is 1. The number of aliphatic carboxylic acids is 1. The molecule has 2 amide bonds. The minimum atomic E-state index is -1.01. The highest BCUT2D eigenvalue weighted by molar-refractivity contribution is 6.09. The zero-order valence-electron chi connectivity index (χ0n) is 15.9. The third-order valence-corrected chi connectivity index (χ3v) is 4.05. The normalized spacial score (nSPS) is 10.1. The van der Waals surface area contributed by atoms with Crippen molar-refractivity contribution in [3.63, 3.8) is 0 Å². The second kappa shape index (κ2) is 9.40. The van der Waals surface area contributed by atoms with Crippen molar-refractivity contribution in [3.05, 3.63) is 53.6 Å². The fourth-order valence-electron chi connectivity index (χ4n) is 2.51. The quantitative estimate of drug-likeness (QED) is 0.722. The van der Waals surface area contributed by atoms with E-state index >= 15 is 0 Å². The van der Waals surface area contributed by atoms with Crippen LogP contribution in [-0.4, -0.2) is 55.6 Å². The fourth-order valence-corrected chi connectivity index (χ4v) is 2.51. The number of hydrogen-bond acceptors (Lipinski definition) is 5. The van der Waals surface area contributed by atoms with Crippen LogP contribution in [0.1, 0.15) is 27.1 Å². The predicted molar refractivity (Wildman–Crippen MR) is 103 cm³/mol. The molecule has 0 aliphatic carbocycles. The summed E-state index contributed by atoms with van der Waals surface area (Å²) in [5.41, 5.74) is 0.823. The summed E-state index contributed by atoms with van der Waals surface area (Å²) in [6.07, 6.45) is -0.193. The number of anilines is 1. The summed E-state index contributed by atoms with van der Waals surface area (Å²) >= 11 is 0. The number of nitrogens with one attached hydrogen (secondary N) is 1. The maximum Gasteiger partial charge on any atom is 0.305 e. The van der Waals surface area contributed by atoms with Crippen molar-refractivity contribution >= 4 is 23.5 Å². The number of carboxylic acid groups (broad SMARTS) is 1. The van der Waals surface area contributed by atoms with E-state index in [1.807, 2.05) is 0 Å². The highest BCUT2D eigenvalue weighted by Gasteiger charge is 2.22. The van der Waals surface area contributed by atoms with Crippen LogP contribution < -0.4 is 14.8 Å². The molecule has 0 aromatic heterocycles. The molecule has 0 fully saturated rings. The summed E-state index contributed by atoms with van der Waals surface area (Å²) in [5.74, 6) is -1.20. The van der Waals surface area contributed by atoms with Gasteiger partial charge in [-0.05, 0) is 18.2 Å². The Morgan fingerprint density at radius 2 is 1.64 bits per heavy atom. The second-order valence-electron chi connectivity index (χ2n) is 5.94. The Kier molecular flexibility index (Phi) is 6.97.